The van der Waals surface area contributed by atoms with Crippen LogP contribution in [0.2, 0.25) is 0 Å². The van der Waals surface area contributed by atoms with Crippen molar-refractivity contribution in [1.29, 1.82) is 0 Å². The zero-order valence-corrected chi connectivity index (χ0v) is 6.90. The summed E-state index contributed by atoms with van der Waals surface area (Å²) in [6.45, 7) is 3.32. The van der Waals surface area contributed by atoms with Crippen LogP contribution < -0.4 is 5.73 Å². The van der Waals surface area contributed by atoms with Gasteiger partial charge in [0.05, 0.1) is 13.2 Å². The molecule has 5 nitrogen and oxygen atoms in total. The number of carboxylic acid groups (broad SMARTS) is 1. The van der Waals surface area contributed by atoms with Crippen LogP contribution in [0.15, 0.2) is 0 Å². The SMILES string of the molecule is N[C@H](CN1CCOCC1)C(=O)O. The fraction of sp³-hybridized carbons (Fsp3) is 0.857. The van der Waals surface area contributed by atoms with Crippen molar-refractivity contribution in [3.63, 3.8) is 0 Å². The molecule has 0 aliphatic carbocycles. The number of carbonyl (C=O) groups is 1. The molecule has 1 atom stereocenters. The normalized spacial score (nSPS) is 22.1. The van der Waals surface area contributed by atoms with Crippen molar-refractivity contribution in [2.45, 2.75) is 6.04 Å². The van der Waals surface area contributed by atoms with Gasteiger partial charge in [0.2, 0.25) is 0 Å². The number of rotatable bonds is 3. The van der Waals surface area contributed by atoms with E-state index in [9.17, 15) is 4.79 Å². The van der Waals surface area contributed by atoms with E-state index in [0.29, 0.717) is 19.8 Å². The predicted molar refractivity (Wildman–Crippen MR) is 42.9 cm³/mol. The van der Waals surface area contributed by atoms with Gasteiger partial charge in [-0.05, 0) is 0 Å². The molecular weight excluding hydrogens is 160 g/mol. The highest BCUT2D eigenvalue weighted by Crippen LogP contribution is 1.97. The fourth-order valence-corrected chi connectivity index (χ4v) is 1.14. The summed E-state index contributed by atoms with van der Waals surface area (Å²) in [6.07, 6.45) is 0. The molecular formula is C7H14N2O3. The Labute approximate surface area is 71.1 Å². The van der Waals surface area contributed by atoms with E-state index in [-0.39, 0.29) is 0 Å². The molecule has 0 saturated carbocycles. The Kier molecular flexibility index (Phi) is 3.46. The van der Waals surface area contributed by atoms with Crippen LogP contribution in [0.5, 0.6) is 0 Å². The van der Waals surface area contributed by atoms with Crippen molar-refractivity contribution in [2.75, 3.05) is 32.8 Å². The first-order chi connectivity index (χ1) is 5.70. The van der Waals surface area contributed by atoms with E-state index >= 15 is 0 Å². The number of ether oxygens (including phenoxy) is 1. The molecule has 5 heteroatoms. The molecule has 0 amide bonds. The molecule has 3 N–H and O–H groups in total. The Balaban J connectivity index is 2.24. The van der Waals surface area contributed by atoms with Crippen LogP contribution in [0, 0.1) is 0 Å². The summed E-state index contributed by atoms with van der Waals surface area (Å²) >= 11 is 0. The van der Waals surface area contributed by atoms with Crippen molar-refractivity contribution in [2.24, 2.45) is 5.73 Å². The van der Waals surface area contributed by atoms with E-state index in [1.54, 1.807) is 0 Å². The second-order valence-electron chi connectivity index (χ2n) is 2.86. The Hall–Kier alpha value is -0.650. The molecule has 70 valence electrons. The number of morpholine rings is 1. The largest absolute Gasteiger partial charge is 0.480 e. The standard InChI is InChI=1S/C7H14N2O3/c8-6(7(10)11)5-9-1-3-12-4-2-9/h6H,1-5,8H2,(H,10,11)/t6-/m1/s1. The van der Waals surface area contributed by atoms with Gasteiger partial charge in [-0.1, -0.05) is 0 Å². The highest BCUT2D eigenvalue weighted by molar-refractivity contribution is 5.73. The third kappa shape index (κ3) is 2.77. The minimum atomic E-state index is -0.943. The van der Waals surface area contributed by atoms with Gasteiger partial charge in [0.1, 0.15) is 6.04 Å². The highest BCUT2D eigenvalue weighted by Gasteiger charge is 2.17. The number of carboxylic acids is 1. The maximum absolute atomic E-state index is 10.4. The summed E-state index contributed by atoms with van der Waals surface area (Å²) in [5, 5.41) is 8.53. The van der Waals surface area contributed by atoms with E-state index in [1.165, 1.54) is 0 Å². The second-order valence-corrected chi connectivity index (χ2v) is 2.86. The van der Waals surface area contributed by atoms with E-state index in [2.05, 4.69) is 0 Å². The summed E-state index contributed by atoms with van der Waals surface area (Å²) in [7, 11) is 0. The van der Waals surface area contributed by atoms with Crippen LogP contribution in [-0.2, 0) is 9.53 Å². The molecule has 12 heavy (non-hydrogen) atoms. The van der Waals surface area contributed by atoms with E-state index in [4.69, 9.17) is 15.6 Å². The van der Waals surface area contributed by atoms with Gasteiger partial charge in [-0.25, -0.2) is 0 Å². The molecule has 1 saturated heterocycles. The molecule has 1 aliphatic heterocycles. The van der Waals surface area contributed by atoms with Crippen LogP contribution in [0.4, 0.5) is 0 Å². The molecule has 1 fully saturated rings. The Morgan fingerprint density at radius 2 is 2.17 bits per heavy atom. The van der Waals surface area contributed by atoms with Crippen molar-refractivity contribution < 1.29 is 14.6 Å². The Morgan fingerprint density at radius 3 is 2.67 bits per heavy atom. The highest BCUT2D eigenvalue weighted by atomic mass is 16.5. The topological polar surface area (TPSA) is 75.8 Å². The fourth-order valence-electron chi connectivity index (χ4n) is 1.14. The zero-order chi connectivity index (χ0) is 8.97. The van der Waals surface area contributed by atoms with Gasteiger partial charge in [-0.15, -0.1) is 0 Å². The summed E-state index contributed by atoms with van der Waals surface area (Å²) in [5.74, 6) is -0.943. The van der Waals surface area contributed by atoms with E-state index in [0.717, 1.165) is 13.1 Å². The average Bonchev–Trinajstić information content (AvgIpc) is 2.06. The van der Waals surface area contributed by atoms with Gasteiger partial charge in [-0.3, -0.25) is 9.69 Å². The van der Waals surface area contributed by atoms with Crippen molar-refractivity contribution in [1.82, 2.24) is 4.90 Å². The molecule has 0 unspecified atom stereocenters. The molecule has 0 aromatic carbocycles. The zero-order valence-electron chi connectivity index (χ0n) is 6.90. The van der Waals surface area contributed by atoms with Crippen LogP contribution in [-0.4, -0.2) is 54.9 Å². The molecule has 0 aromatic rings. The summed E-state index contributed by atoms with van der Waals surface area (Å²) in [5.41, 5.74) is 5.37. The third-order valence-corrected chi connectivity index (χ3v) is 1.88. The Morgan fingerprint density at radius 1 is 1.58 bits per heavy atom. The monoisotopic (exact) mass is 174 g/mol. The average molecular weight is 174 g/mol. The number of nitrogens with two attached hydrogens (primary N) is 1. The van der Waals surface area contributed by atoms with E-state index < -0.39 is 12.0 Å². The maximum atomic E-state index is 10.4. The first kappa shape index (κ1) is 9.44. The van der Waals surface area contributed by atoms with Crippen molar-refractivity contribution >= 4 is 5.97 Å². The first-order valence-corrected chi connectivity index (χ1v) is 3.98. The van der Waals surface area contributed by atoms with Gasteiger partial charge >= 0.3 is 5.97 Å². The first-order valence-electron chi connectivity index (χ1n) is 3.98. The molecule has 1 heterocycles. The lowest BCUT2D eigenvalue weighted by Gasteiger charge is -2.27. The van der Waals surface area contributed by atoms with E-state index in [1.807, 2.05) is 4.90 Å². The number of nitrogens with zero attached hydrogens (tertiary/aromatic N) is 1. The summed E-state index contributed by atoms with van der Waals surface area (Å²) < 4.78 is 5.11. The van der Waals surface area contributed by atoms with Gasteiger partial charge in [0.25, 0.3) is 0 Å². The lowest BCUT2D eigenvalue weighted by Crippen LogP contribution is -2.46. The second kappa shape index (κ2) is 4.39. The summed E-state index contributed by atoms with van der Waals surface area (Å²) in [6, 6.07) is -0.775. The van der Waals surface area contributed by atoms with Gasteiger partial charge in [-0.2, -0.15) is 0 Å². The summed E-state index contributed by atoms with van der Waals surface area (Å²) in [4.78, 5) is 12.4. The smallest absolute Gasteiger partial charge is 0.321 e. The van der Waals surface area contributed by atoms with Crippen molar-refractivity contribution in [3.8, 4) is 0 Å². The third-order valence-electron chi connectivity index (χ3n) is 1.88. The minimum Gasteiger partial charge on any atom is -0.480 e. The quantitative estimate of drug-likeness (QED) is 0.558. The lowest BCUT2D eigenvalue weighted by molar-refractivity contribution is -0.139. The minimum absolute atomic E-state index is 0.415. The molecule has 0 aromatic heterocycles. The van der Waals surface area contributed by atoms with Crippen LogP contribution in [0.25, 0.3) is 0 Å². The molecule has 1 aliphatic rings. The predicted octanol–water partition coefficient (Wildman–Crippen LogP) is -1.27. The van der Waals surface area contributed by atoms with Gasteiger partial charge in [0, 0.05) is 19.6 Å². The number of hydrogen-bond acceptors (Lipinski definition) is 4. The molecule has 1 rings (SSSR count). The van der Waals surface area contributed by atoms with Crippen LogP contribution >= 0.6 is 0 Å². The molecule has 0 spiro atoms. The number of aliphatic carboxylic acids is 1. The van der Waals surface area contributed by atoms with Crippen LogP contribution in [0.3, 0.4) is 0 Å². The number of hydrogen-bond donors (Lipinski definition) is 2. The lowest BCUT2D eigenvalue weighted by atomic mass is 10.3. The molecule has 0 bridgehead atoms. The van der Waals surface area contributed by atoms with Crippen molar-refractivity contribution in [3.05, 3.63) is 0 Å². The maximum Gasteiger partial charge on any atom is 0.321 e. The Bertz CT molecular complexity index is 157. The van der Waals surface area contributed by atoms with Gasteiger partial charge < -0.3 is 15.6 Å². The molecule has 0 radical (unpaired) electrons. The van der Waals surface area contributed by atoms with Gasteiger partial charge in [0.15, 0.2) is 0 Å². The van der Waals surface area contributed by atoms with Crippen LogP contribution in [0.1, 0.15) is 0 Å².